The molecule has 0 aliphatic rings. The van der Waals surface area contributed by atoms with E-state index in [1.807, 2.05) is 48.5 Å². The Hall–Kier alpha value is -3.28. The summed E-state index contributed by atoms with van der Waals surface area (Å²) < 4.78 is 5.21. The van der Waals surface area contributed by atoms with E-state index in [1.54, 1.807) is 7.11 Å². The zero-order valence-corrected chi connectivity index (χ0v) is 12.4. The summed E-state index contributed by atoms with van der Waals surface area (Å²) >= 11 is 0. The van der Waals surface area contributed by atoms with E-state index >= 15 is 0 Å². The van der Waals surface area contributed by atoms with Crippen LogP contribution in [0.2, 0.25) is 0 Å². The lowest BCUT2D eigenvalue weighted by molar-refractivity contribution is 0.415. The number of aromatic amines is 2. The Labute approximate surface area is 131 Å². The fourth-order valence-corrected chi connectivity index (χ4v) is 2.53. The molecule has 6 heteroatoms. The highest BCUT2D eigenvalue weighted by molar-refractivity contribution is 5.83. The quantitative estimate of drug-likeness (QED) is 0.542. The number of aromatic hydroxyl groups is 1. The summed E-state index contributed by atoms with van der Waals surface area (Å²) in [6.45, 7) is 0. The lowest BCUT2D eigenvalue weighted by atomic mass is 10.1. The minimum Gasteiger partial charge on any atom is -0.504 e. The van der Waals surface area contributed by atoms with E-state index in [2.05, 4.69) is 20.2 Å². The van der Waals surface area contributed by atoms with Crippen LogP contribution in [-0.2, 0) is 0 Å². The molecule has 0 fully saturated rings. The molecule has 114 valence electrons. The topological polar surface area (TPSA) is 86.8 Å². The number of rotatable bonds is 3. The first-order chi connectivity index (χ1) is 11.3. The third-order valence-electron chi connectivity index (χ3n) is 3.71. The molecule has 0 bridgehead atoms. The number of nitrogens with one attached hydrogen (secondary N) is 2. The van der Waals surface area contributed by atoms with Gasteiger partial charge >= 0.3 is 0 Å². The van der Waals surface area contributed by atoms with Gasteiger partial charge in [-0.3, -0.25) is 5.10 Å². The third kappa shape index (κ3) is 2.20. The van der Waals surface area contributed by atoms with Crippen LogP contribution in [0.4, 0.5) is 0 Å². The maximum Gasteiger partial charge on any atom is 0.172 e. The Kier molecular flexibility index (Phi) is 3.01. The van der Waals surface area contributed by atoms with E-state index in [1.165, 1.54) is 0 Å². The smallest absolute Gasteiger partial charge is 0.172 e. The second-order valence-electron chi connectivity index (χ2n) is 5.13. The van der Waals surface area contributed by atoms with Gasteiger partial charge in [0.15, 0.2) is 11.6 Å². The van der Waals surface area contributed by atoms with Crippen LogP contribution in [0, 0.1) is 0 Å². The van der Waals surface area contributed by atoms with Crippen molar-refractivity contribution in [3.8, 4) is 34.3 Å². The Balaban J connectivity index is 1.81. The van der Waals surface area contributed by atoms with Crippen LogP contribution in [-0.4, -0.2) is 32.4 Å². The Morgan fingerprint density at radius 3 is 2.70 bits per heavy atom. The predicted molar refractivity (Wildman–Crippen MR) is 87.3 cm³/mol. The molecule has 6 nitrogen and oxygen atoms in total. The number of hydrogen-bond donors (Lipinski definition) is 3. The molecule has 0 aliphatic heterocycles. The van der Waals surface area contributed by atoms with Gasteiger partial charge in [0.2, 0.25) is 0 Å². The molecule has 0 atom stereocenters. The van der Waals surface area contributed by atoms with Crippen molar-refractivity contribution in [2.24, 2.45) is 0 Å². The summed E-state index contributed by atoms with van der Waals surface area (Å²) in [5.41, 5.74) is 3.41. The van der Waals surface area contributed by atoms with Crippen molar-refractivity contribution in [2.75, 3.05) is 7.11 Å². The van der Waals surface area contributed by atoms with Gasteiger partial charge in [0.1, 0.15) is 17.1 Å². The van der Waals surface area contributed by atoms with Crippen molar-refractivity contribution in [2.45, 2.75) is 0 Å². The molecule has 2 heterocycles. The average molecular weight is 306 g/mol. The molecule has 4 aromatic rings. The van der Waals surface area contributed by atoms with Crippen LogP contribution >= 0.6 is 0 Å². The monoisotopic (exact) mass is 306 g/mol. The maximum atomic E-state index is 10.5. The van der Waals surface area contributed by atoms with E-state index in [4.69, 9.17) is 4.74 Å². The van der Waals surface area contributed by atoms with Crippen molar-refractivity contribution >= 4 is 11.0 Å². The van der Waals surface area contributed by atoms with E-state index in [0.717, 1.165) is 22.3 Å². The molecule has 0 amide bonds. The van der Waals surface area contributed by atoms with Crippen LogP contribution in [0.3, 0.4) is 0 Å². The van der Waals surface area contributed by atoms with Crippen LogP contribution in [0.25, 0.3) is 33.8 Å². The zero-order chi connectivity index (χ0) is 15.8. The molecule has 2 aromatic heterocycles. The van der Waals surface area contributed by atoms with E-state index in [-0.39, 0.29) is 5.75 Å². The molecule has 0 saturated carbocycles. The Bertz CT molecular complexity index is 973. The molecule has 23 heavy (non-hydrogen) atoms. The van der Waals surface area contributed by atoms with Gasteiger partial charge in [-0.2, -0.15) is 5.10 Å². The number of H-pyrrole nitrogens is 2. The SMILES string of the molecule is COc1ccc2nc(-c3[nH]nc(-c4ccccc4)c3O)[nH]c2c1. The van der Waals surface area contributed by atoms with Crippen molar-refractivity contribution in [1.82, 2.24) is 20.2 Å². The maximum absolute atomic E-state index is 10.5. The third-order valence-corrected chi connectivity index (χ3v) is 3.71. The van der Waals surface area contributed by atoms with Crippen molar-refractivity contribution in [3.05, 3.63) is 48.5 Å². The molecule has 0 aliphatic carbocycles. The average Bonchev–Trinajstić information content (AvgIpc) is 3.17. The van der Waals surface area contributed by atoms with E-state index < -0.39 is 0 Å². The van der Waals surface area contributed by atoms with Gasteiger partial charge in [-0.1, -0.05) is 30.3 Å². The van der Waals surface area contributed by atoms with Crippen LogP contribution in [0.15, 0.2) is 48.5 Å². The summed E-state index contributed by atoms with van der Waals surface area (Å²) in [5, 5.41) is 17.5. The molecule has 3 N–H and O–H groups in total. The van der Waals surface area contributed by atoms with Gasteiger partial charge in [0.25, 0.3) is 0 Å². The zero-order valence-electron chi connectivity index (χ0n) is 12.4. The summed E-state index contributed by atoms with van der Waals surface area (Å²) in [7, 11) is 1.62. The van der Waals surface area contributed by atoms with Crippen LogP contribution in [0.5, 0.6) is 11.5 Å². The summed E-state index contributed by atoms with van der Waals surface area (Å²) in [4.78, 5) is 7.65. The van der Waals surface area contributed by atoms with Crippen molar-refractivity contribution in [3.63, 3.8) is 0 Å². The number of imidazole rings is 1. The summed E-state index contributed by atoms with van der Waals surface area (Å²) in [5.74, 6) is 1.34. The van der Waals surface area contributed by atoms with Crippen molar-refractivity contribution in [1.29, 1.82) is 0 Å². The highest BCUT2D eigenvalue weighted by Gasteiger charge is 2.18. The summed E-state index contributed by atoms with van der Waals surface area (Å²) in [6, 6.07) is 15.1. The number of benzene rings is 2. The normalized spacial score (nSPS) is 11.0. The first-order valence-electron chi connectivity index (χ1n) is 7.13. The second kappa shape index (κ2) is 5.17. The second-order valence-corrected chi connectivity index (χ2v) is 5.13. The predicted octanol–water partition coefficient (Wildman–Crippen LogP) is 3.33. The minimum absolute atomic E-state index is 0.0715. The molecule has 4 rings (SSSR count). The number of nitrogens with zero attached hydrogens (tertiary/aromatic N) is 2. The molecule has 0 spiro atoms. The van der Waals surface area contributed by atoms with Gasteiger partial charge in [0, 0.05) is 11.6 Å². The molecule has 2 aromatic carbocycles. The van der Waals surface area contributed by atoms with Crippen LogP contribution in [0.1, 0.15) is 0 Å². The van der Waals surface area contributed by atoms with Gasteiger partial charge in [-0.15, -0.1) is 0 Å². The van der Waals surface area contributed by atoms with E-state index in [9.17, 15) is 5.11 Å². The van der Waals surface area contributed by atoms with Gasteiger partial charge in [-0.05, 0) is 12.1 Å². The Morgan fingerprint density at radius 2 is 1.91 bits per heavy atom. The fourth-order valence-electron chi connectivity index (χ4n) is 2.53. The van der Waals surface area contributed by atoms with Crippen molar-refractivity contribution < 1.29 is 9.84 Å². The Morgan fingerprint density at radius 1 is 1.09 bits per heavy atom. The van der Waals surface area contributed by atoms with Gasteiger partial charge in [-0.25, -0.2) is 4.98 Å². The number of hydrogen-bond acceptors (Lipinski definition) is 4. The first-order valence-corrected chi connectivity index (χ1v) is 7.13. The van der Waals surface area contributed by atoms with Gasteiger partial charge < -0.3 is 14.8 Å². The fraction of sp³-hybridized carbons (Fsp3) is 0.0588. The first kappa shape index (κ1) is 13.4. The molecular weight excluding hydrogens is 292 g/mol. The number of methoxy groups -OCH3 is 1. The number of ether oxygens (including phenoxy) is 1. The lowest BCUT2D eigenvalue weighted by Gasteiger charge is -1.97. The van der Waals surface area contributed by atoms with E-state index in [0.29, 0.717) is 17.2 Å². The van der Waals surface area contributed by atoms with Crippen LogP contribution < -0.4 is 4.74 Å². The molecule has 0 saturated heterocycles. The highest BCUT2D eigenvalue weighted by atomic mass is 16.5. The number of aromatic nitrogens is 4. The highest BCUT2D eigenvalue weighted by Crippen LogP contribution is 2.35. The molecule has 0 unspecified atom stereocenters. The molecule has 0 radical (unpaired) electrons. The molecular formula is C17H14N4O2. The van der Waals surface area contributed by atoms with Gasteiger partial charge in [0.05, 0.1) is 18.1 Å². The minimum atomic E-state index is 0.0715. The number of fused-ring (bicyclic) bond motifs is 1. The largest absolute Gasteiger partial charge is 0.504 e. The summed E-state index contributed by atoms with van der Waals surface area (Å²) in [6.07, 6.45) is 0. The lowest BCUT2D eigenvalue weighted by Crippen LogP contribution is -1.81. The standard InChI is InChI=1S/C17H14N4O2/c1-23-11-7-8-12-13(9-11)19-17(18-12)15-16(22)14(20-21-15)10-5-3-2-4-6-10/h2-9,22H,1H3,(H,18,19)(H,20,21).